The predicted molar refractivity (Wildman–Crippen MR) is 149 cm³/mol. The molecule has 1 aliphatic rings. The summed E-state index contributed by atoms with van der Waals surface area (Å²) < 4.78 is 13.9. The van der Waals surface area contributed by atoms with Gasteiger partial charge in [0.1, 0.15) is 18.1 Å². The molecule has 0 saturated carbocycles. The first-order valence-electron chi connectivity index (χ1n) is 12.8. The van der Waals surface area contributed by atoms with Crippen LogP contribution >= 0.6 is 0 Å². The minimum atomic E-state index is -1.15. The number of rotatable bonds is 10. The van der Waals surface area contributed by atoms with E-state index in [2.05, 4.69) is 47.4 Å². The molecule has 0 spiro atoms. The Bertz CT molecular complexity index is 1200. The van der Waals surface area contributed by atoms with E-state index in [1.54, 1.807) is 12.0 Å². The van der Waals surface area contributed by atoms with Gasteiger partial charge in [0.2, 0.25) is 5.91 Å². The standard InChI is InChI=1S/C28H40N4O3Si/c1-30(2)27(33)15-21-11-12-31(18-21)22-16-24-25(23-9-7-8-10-26(23)34-3)19-32(28(24)29-17-22)20-35-13-14-36(4,5)6/h7-10,16-17,19,21H,11-15,18,20H2,1-6H3. The van der Waals surface area contributed by atoms with Crippen molar-refractivity contribution in [3.05, 3.63) is 42.7 Å². The first-order chi connectivity index (χ1) is 17.2. The molecule has 0 aliphatic carbocycles. The van der Waals surface area contributed by atoms with Crippen LogP contribution in [0.3, 0.4) is 0 Å². The van der Waals surface area contributed by atoms with Crippen LogP contribution in [-0.2, 0) is 16.3 Å². The number of carbonyl (C=O) groups excluding carboxylic acids is 1. The zero-order chi connectivity index (χ0) is 25.9. The quantitative estimate of drug-likeness (QED) is 0.274. The van der Waals surface area contributed by atoms with Crippen LogP contribution in [0.25, 0.3) is 22.2 Å². The van der Waals surface area contributed by atoms with Crippen LogP contribution in [0.5, 0.6) is 5.75 Å². The summed E-state index contributed by atoms with van der Waals surface area (Å²) in [4.78, 5) is 21.2. The smallest absolute Gasteiger partial charge is 0.222 e. The molecule has 36 heavy (non-hydrogen) atoms. The molecule has 2 aromatic heterocycles. The lowest BCUT2D eigenvalue weighted by atomic mass is 10.0. The zero-order valence-electron chi connectivity index (χ0n) is 22.6. The van der Waals surface area contributed by atoms with E-state index in [4.69, 9.17) is 14.5 Å². The van der Waals surface area contributed by atoms with Crippen LogP contribution in [0.4, 0.5) is 5.69 Å². The summed E-state index contributed by atoms with van der Waals surface area (Å²) in [7, 11) is 4.21. The molecule has 1 amide bonds. The maximum atomic E-state index is 12.2. The third-order valence-electron chi connectivity index (χ3n) is 6.94. The molecule has 1 unspecified atom stereocenters. The summed E-state index contributed by atoms with van der Waals surface area (Å²) in [5.74, 6) is 1.40. The molecule has 1 saturated heterocycles. The van der Waals surface area contributed by atoms with Gasteiger partial charge in [-0.25, -0.2) is 4.98 Å². The number of methoxy groups -OCH3 is 1. The molecule has 1 fully saturated rings. The number of fused-ring (bicyclic) bond motifs is 1. The van der Waals surface area contributed by atoms with E-state index in [-0.39, 0.29) is 5.91 Å². The number of nitrogens with zero attached hydrogens (tertiary/aromatic N) is 4. The van der Waals surface area contributed by atoms with E-state index in [9.17, 15) is 4.79 Å². The zero-order valence-corrected chi connectivity index (χ0v) is 23.6. The highest BCUT2D eigenvalue weighted by atomic mass is 28.3. The number of anilines is 1. The third kappa shape index (κ3) is 6.10. The van der Waals surface area contributed by atoms with E-state index in [0.29, 0.717) is 19.1 Å². The fraction of sp³-hybridized carbons (Fsp3) is 0.500. The molecule has 1 atom stereocenters. The Morgan fingerprint density at radius 3 is 2.69 bits per heavy atom. The number of benzene rings is 1. The van der Waals surface area contributed by atoms with Crippen LogP contribution < -0.4 is 9.64 Å². The fourth-order valence-electron chi connectivity index (χ4n) is 4.72. The van der Waals surface area contributed by atoms with Gasteiger partial charge in [-0.15, -0.1) is 0 Å². The van der Waals surface area contributed by atoms with Gasteiger partial charge in [0.15, 0.2) is 0 Å². The topological polar surface area (TPSA) is 59.8 Å². The van der Waals surface area contributed by atoms with Crippen LogP contribution in [0, 0.1) is 5.92 Å². The molecule has 1 aromatic carbocycles. The van der Waals surface area contributed by atoms with Gasteiger partial charge in [0, 0.05) is 71.0 Å². The number of pyridine rings is 1. The molecule has 4 rings (SSSR count). The number of hydrogen-bond donors (Lipinski definition) is 0. The molecular weight excluding hydrogens is 468 g/mol. The van der Waals surface area contributed by atoms with Crippen LogP contribution in [-0.4, -0.2) is 69.3 Å². The van der Waals surface area contributed by atoms with Crippen molar-refractivity contribution in [2.24, 2.45) is 5.92 Å². The van der Waals surface area contributed by atoms with Gasteiger partial charge in [-0.05, 0) is 30.5 Å². The number of carbonyl (C=O) groups is 1. The van der Waals surface area contributed by atoms with Crippen molar-refractivity contribution >= 4 is 30.7 Å². The average Bonchev–Trinajstić information content (AvgIpc) is 3.45. The molecule has 1 aliphatic heterocycles. The summed E-state index contributed by atoms with van der Waals surface area (Å²) in [6.45, 7) is 10.1. The number of hydrogen-bond acceptors (Lipinski definition) is 5. The highest BCUT2D eigenvalue weighted by Gasteiger charge is 2.26. The van der Waals surface area contributed by atoms with E-state index < -0.39 is 8.07 Å². The molecule has 0 bridgehead atoms. The second-order valence-electron chi connectivity index (χ2n) is 11.2. The number of amides is 1. The Kier molecular flexibility index (Phi) is 8.05. The molecule has 3 heterocycles. The largest absolute Gasteiger partial charge is 0.496 e. The lowest BCUT2D eigenvalue weighted by Gasteiger charge is -2.19. The first kappa shape index (κ1) is 26.2. The van der Waals surface area contributed by atoms with Gasteiger partial charge < -0.3 is 23.8 Å². The summed E-state index contributed by atoms with van der Waals surface area (Å²) in [6.07, 6.45) is 5.71. The fourth-order valence-corrected chi connectivity index (χ4v) is 5.47. The van der Waals surface area contributed by atoms with Crippen molar-refractivity contribution in [1.29, 1.82) is 0 Å². The minimum Gasteiger partial charge on any atom is -0.496 e. The summed E-state index contributed by atoms with van der Waals surface area (Å²) in [6, 6.07) is 11.5. The van der Waals surface area contributed by atoms with Gasteiger partial charge in [0.05, 0.1) is 19.0 Å². The van der Waals surface area contributed by atoms with Crippen molar-refractivity contribution in [3.63, 3.8) is 0 Å². The van der Waals surface area contributed by atoms with Gasteiger partial charge in [0.25, 0.3) is 0 Å². The number of ether oxygens (including phenoxy) is 2. The van der Waals surface area contributed by atoms with Crippen molar-refractivity contribution in [2.45, 2.75) is 45.3 Å². The van der Waals surface area contributed by atoms with Crippen molar-refractivity contribution < 1.29 is 14.3 Å². The second kappa shape index (κ2) is 11.0. The molecule has 0 radical (unpaired) electrons. The highest BCUT2D eigenvalue weighted by molar-refractivity contribution is 6.76. The summed E-state index contributed by atoms with van der Waals surface area (Å²) in [5.41, 5.74) is 4.13. The van der Waals surface area contributed by atoms with E-state index >= 15 is 0 Å². The number of para-hydroxylation sites is 1. The maximum Gasteiger partial charge on any atom is 0.222 e. The lowest BCUT2D eigenvalue weighted by Crippen LogP contribution is -2.26. The molecule has 7 nitrogen and oxygen atoms in total. The molecule has 194 valence electrons. The first-order valence-corrected chi connectivity index (χ1v) is 16.5. The van der Waals surface area contributed by atoms with Crippen LogP contribution in [0.15, 0.2) is 42.7 Å². The van der Waals surface area contributed by atoms with Crippen molar-refractivity contribution in [2.75, 3.05) is 45.8 Å². The lowest BCUT2D eigenvalue weighted by molar-refractivity contribution is -0.129. The van der Waals surface area contributed by atoms with Gasteiger partial charge >= 0.3 is 0 Å². The predicted octanol–water partition coefficient (Wildman–Crippen LogP) is 5.33. The molecule has 8 heteroatoms. The van der Waals surface area contributed by atoms with E-state index in [0.717, 1.165) is 65.8 Å². The summed E-state index contributed by atoms with van der Waals surface area (Å²) in [5, 5.41) is 1.08. The van der Waals surface area contributed by atoms with Crippen LogP contribution in [0.1, 0.15) is 12.8 Å². The Hall–Kier alpha value is -2.84. The minimum absolute atomic E-state index is 0.195. The van der Waals surface area contributed by atoms with E-state index in [1.165, 1.54) is 0 Å². The number of aromatic nitrogens is 2. The van der Waals surface area contributed by atoms with Crippen molar-refractivity contribution in [1.82, 2.24) is 14.5 Å². The Morgan fingerprint density at radius 1 is 1.19 bits per heavy atom. The van der Waals surface area contributed by atoms with Gasteiger partial charge in [-0.3, -0.25) is 4.79 Å². The highest BCUT2D eigenvalue weighted by Crippen LogP contribution is 2.38. The third-order valence-corrected chi connectivity index (χ3v) is 8.64. The normalized spacial score (nSPS) is 16.1. The van der Waals surface area contributed by atoms with Gasteiger partial charge in [-0.1, -0.05) is 37.8 Å². The second-order valence-corrected chi connectivity index (χ2v) is 16.8. The molecule has 3 aromatic rings. The van der Waals surface area contributed by atoms with E-state index in [1.807, 2.05) is 38.5 Å². The SMILES string of the molecule is COc1ccccc1-c1cn(COCC[Si](C)(C)C)c2ncc(N3CCC(CC(=O)N(C)C)C3)cc12. The Labute approximate surface area is 216 Å². The Balaban J connectivity index is 1.63. The van der Waals surface area contributed by atoms with Crippen molar-refractivity contribution in [3.8, 4) is 16.9 Å². The monoisotopic (exact) mass is 508 g/mol. The molecular formula is C28H40N4O3Si. The molecule has 0 N–H and O–H groups in total. The van der Waals surface area contributed by atoms with Gasteiger partial charge in [-0.2, -0.15) is 0 Å². The van der Waals surface area contributed by atoms with Crippen LogP contribution in [0.2, 0.25) is 25.7 Å². The summed E-state index contributed by atoms with van der Waals surface area (Å²) >= 11 is 0. The maximum absolute atomic E-state index is 12.2. The average molecular weight is 509 g/mol. The Morgan fingerprint density at radius 2 is 1.97 bits per heavy atom.